The molecule has 6 heteroatoms. The molecule has 3 aromatic carbocycles. The van der Waals surface area contributed by atoms with Crippen molar-refractivity contribution in [3.63, 3.8) is 0 Å². The molecule has 34 heavy (non-hydrogen) atoms. The molecule has 0 bridgehead atoms. The molecule has 3 atom stereocenters. The molecule has 170 valence electrons. The highest BCUT2D eigenvalue weighted by Gasteiger charge is 2.54. The van der Waals surface area contributed by atoms with Crippen molar-refractivity contribution in [2.24, 2.45) is 0 Å². The molecule has 0 aromatic heterocycles. The van der Waals surface area contributed by atoms with E-state index in [1.54, 1.807) is 11.0 Å². The lowest BCUT2D eigenvalue weighted by Gasteiger charge is -2.58. The molecule has 2 saturated heterocycles. The van der Waals surface area contributed by atoms with Gasteiger partial charge in [-0.25, -0.2) is 4.39 Å². The van der Waals surface area contributed by atoms with Crippen LogP contribution in [0.15, 0.2) is 78.9 Å². The average Bonchev–Trinajstić information content (AvgIpc) is 2.85. The molecule has 3 aromatic rings. The van der Waals surface area contributed by atoms with Crippen LogP contribution in [0.3, 0.4) is 0 Å². The number of carbonyl (C=O) groups excluding carboxylic acids is 2. The number of aliphatic hydroxyl groups is 1. The van der Waals surface area contributed by atoms with Crippen LogP contribution in [0, 0.1) is 17.7 Å². The van der Waals surface area contributed by atoms with Crippen LogP contribution in [0.4, 0.5) is 4.39 Å². The Morgan fingerprint density at radius 3 is 2.26 bits per heavy atom. The number of piperazine rings is 1. The van der Waals surface area contributed by atoms with Gasteiger partial charge in [-0.2, -0.15) is 0 Å². The number of halogens is 1. The third-order valence-electron chi connectivity index (χ3n) is 6.56. The van der Waals surface area contributed by atoms with Crippen molar-refractivity contribution in [2.75, 3.05) is 19.7 Å². The SMILES string of the molecule is O=C(c1ccccc1F)N1CC(=O)N2[C@H](CO)[C@@H](c3ccc(C#Cc4ccccc4)cc3)[C@H]2C1. The van der Waals surface area contributed by atoms with Gasteiger partial charge in [-0.3, -0.25) is 9.59 Å². The van der Waals surface area contributed by atoms with Crippen LogP contribution in [0.5, 0.6) is 0 Å². The number of fused-ring (bicyclic) bond motifs is 1. The van der Waals surface area contributed by atoms with Crippen molar-refractivity contribution in [2.45, 2.75) is 18.0 Å². The van der Waals surface area contributed by atoms with Crippen LogP contribution in [-0.4, -0.2) is 58.5 Å². The first-order valence-corrected chi connectivity index (χ1v) is 11.2. The topological polar surface area (TPSA) is 60.9 Å². The Bertz CT molecular complexity index is 1280. The molecule has 0 aliphatic carbocycles. The molecular weight excluding hydrogens is 431 g/mol. The van der Waals surface area contributed by atoms with Gasteiger partial charge in [-0.15, -0.1) is 0 Å². The zero-order valence-electron chi connectivity index (χ0n) is 18.4. The summed E-state index contributed by atoms with van der Waals surface area (Å²) in [5, 5.41) is 9.98. The number of nitrogens with zero attached hydrogens (tertiary/aromatic N) is 2. The maximum absolute atomic E-state index is 14.2. The molecule has 2 aliphatic rings. The Morgan fingerprint density at radius 2 is 1.59 bits per heavy atom. The summed E-state index contributed by atoms with van der Waals surface area (Å²) in [6, 6.07) is 22.7. The second-order valence-electron chi connectivity index (χ2n) is 8.55. The first kappa shape index (κ1) is 21.9. The zero-order chi connectivity index (χ0) is 23.7. The van der Waals surface area contributed by atoms with Gasteiger partial charge < -0.3 is 14.9 Å². The van der Waals surface area contributed by atoms with E-state index >= 15 is 0 Å². The zero-order valence-corrected chi connectivity index (χ0v) is 18.4. The second-order valence-corrected chi connectivity index (χ2v) is 8.55. The number of benzene rings is 3. The van der Waals surface area contributed by atoms with E-state index in [1.807, 2.05) is 54.6 Å². The summed E-state index contributed by atoms with van der Waals surface area (Å²) in [6.45, 7) is 0.000268. The number of aliphatic hydroxyl groups excluding tert-OH is 1. The van der Waals surface area contributed by atoms with Crippen LogP contribution in [0.25, 0.3) is 0 Å². The Hall–Kier alpha value is -3.95. The van der Waals surface area contributed by atoms with E-state index in [4.69, 9.17) is 0 Å². The van der Waals surface area contributed by atoms with Gasteiger partial charge in [0.05, 0.1) is 24.3 Å². The lowest BCUT2D eigenvalue weighted by molar-refractivity contribution is -0.159. The molecular formula is C28H23FN2O3. The van der Waals surface area contributed by atoms with Gasteiger partial charge in [0.1, 0.15) is 12.4 Å². The van der Waals surface area contributed by atoms with Gasteiger partial charge >= 0.3 is 0 Å². The fraction of sp³-hybridized carbons (Fsp3) is 0.214. The molecule has 2 amide bonds. The molecule has 2 fully saturated rings. The van der Waals surface area contributed by atoms with Gasteiger partial charge in [0, 0.05) is 23.6 Å². The number of hydrogen-bond acceptors (Lipinski definition) is 3. The fourth-order valence-electron chi connectivity index (χ4n) is 4.91. The van der Waals surface area contributed by atoms with Crippen LogP contribution < -0.4 is 0 Å². The quantitative estimate of drug-likeness (QED) is 0.619. The molecule has 2 aliphatic heterocycles. The molecule has 5 rings (SSSR count). The molecule has 0 radical (unpaired) electrons. The predicted octanol–water partition coefficient (Wildman–Crippen LogP) is 3.04. The van der Waals surface area contributed by atoms with Crippen LogP contribution in [0.1, 0.15) is 33.0 Å². The highest BCUT2D eigenvalue weighted by Crippen LogP contribution is 2.43. The summed E-state index contributed by atoms with van der Waals surface area (Å²) < 4.78 is 14.2. The summed E-state index contributed by atoms with van der Waals surface area (Å²) >= 11 is 0. The van der Waals surface area contributed by atoms with Crippen molar-refractivity contribution < 1.29 is 19.1 Å². The molecule has 5 nitrogen and oxygen atoms in total. The second kappa shape index (κ2) is 9.12. The minimum atomic E-state index is -0.604. The highest BCUT2D eigenvalue weighted by atomic mass is 19.1. The Kier molecular flexibility index (Phi) is 5.87. The van der Waals surface area contributed by atoms with Crippen molar-refractivity contribution >= 4 is 11.8 Å². The van der Waals surface area contributed by atoms with Crippen molar-refractivity contribution in [3.05, 3.63) is 107 Å². The van der Waals surface area contributed by atoms with Crippen molar-refractivity contribution in [1.29, 1.82) is 0 Å². The molecule has 1 N–H and O–H groups in total. The minimum Gasteiger partial charge on any atom is -0.394 e. The summed E-state index contributed by atoms with van der Waals surface area (Å²) in [7, 11) is 0. The highest BCUT2D eigenvalue weighted by molar-refractivity contribution is 5.97. The van der Waals surface area contributed by atoms with Crippen molar-refractivity contribution in [3.8, 4) is 11.8 Å². The van der Waals surface area contributed by atoms with E-state index < -0.39 is 11.7 Å². The average molecular weight is 455 g/mol. The molecule has 2 heterocycles. The maximum atomic E-state index is 14.2. The number of rotatable bonds is 3. The minimum absolute atomic E-state index is 0.0420. The van der Waals surface area contributed by atoms with E-state index in [0.29, 0.717) is 0 Å². The summed E-state index contributed by atoms with van der Waals surface area (Å²) in [6.07, 6.45) is 0. The van der Waals surface area contributed by atoms with Gasteiger partial charge in [-0.05, 0) is 42.0 Å². The van der Waals surface area contributed by atoms with E-state index in [9.17, 15) is 19.1 Å². The van der Waals surface area contributed by atoms with Gasteiger partial charge in [0.25, 0.3) is 5.91 Å². The molecule has 0 unspecified atom stereocenters. The first-order valence-electron chi connectivity index (χ1n) is 11.2. The summed E-state index contributed by atoms with van der Waals surface area (Å²) in [5.41, 5.74) is 2.72. The monoisotopic (exact) mass is 454 g/mol. The Morgan fingerprint density at radius 1 is 0.941 bits per heavy atom. The maximum Gasteiger partial charge on any atom is 0.257 e. The van der Waals surface area contributed by atoms with Crippen LogP contribution in [-0.2, 0) is 4.79 Å². The number of carbonyl (C=O) groups is 2. The van der Waals surface area contributed by atoms with Gasteiger partial charge in [0.2, 0.25) is 5.91 Å². The largest absolute Gasteiger partial charge is 0.394 e. The predicted molar refractivity (Wildman–Crippen MR) is 125 cm³/mol. The lowest BCUT2D eigenvalue weighted by atomic mass is 9.73. The Labute approximate surface area is 197 Å². The molecule has 0 saturated carbocycles. The third-order valence-corrected chi connectivity index (χ3v) is 6.56. The van der Waals surface area contributed by atoms with E-state index in [2.05, 4.69) is 11.8 Å². The fourth-order valence-corrected chi connectivity index (χ4v) is 4.91. The summed E-state index contributed by atoms with van der Waals surface area (Å²) in [5.74, 6) is 4.82. The van der Waals surface area contributed by atoms with Gasteiger partial charge in [0.15, 0.2) is 0 Å². The number of amides is 2. The Balaban J connectivity index is 1.36. The van der Waals surface area contributed by atoms with E-state index in [0.717, 1.165) is 16.7 Å². The third kappa shape index (κ3) is 3.95. The van der Waals surface area contributed by atoms with Crippen molar-refractivity contribution in [1.82, 2.24) is 9.80 Å². The lowest BCUT2D eigenvalue weighted by Crippen LogP contribution is -2.73. The first-order chi connectivity index (χ1) is 16.6. The van der Waals surface area contributed by atoms with Gasteiger partial charge in [-0.1, -0.05) is 54.3 Å². The standard InChI is InChI=1S/C28H23FN2O3/c29-23-9-5-4-8-22(23)28(34)30-16-24-27(25(18-32)31(24)26(33)17-30)21-14-12-20(13-15-21)11-10-19-6-2-1-3-7-19/h1-9,12-15,24-25,27,32H,16-18H2/t24-,25-,27+/m1/s1. The van der Waals surface area contributed by atoms with Crippen LogP contribution in [0.2, 0.25) is 0 Å². The van der Waals surface area contributed by atoms with Crippen LogP contribution >= 0.6 is 0 Å². The number of hydrogen-bond donors (Lipinski definition) is 1. The summed E-state index contributed by atoms with van der Waals surface area (Å²) in [4.78, 5) is 28.8. The molecule has 0 spiro atoms. The van der Waals surface area contributed by atoms with E-state index in [1.165, 1.54) is 23.1 Å². The normalized spacial score (nSPS) is 21.2. The smallest absolute Gasteiger partial charge is 0.257 e. The van der Waals surface area contributed by atoms with E-state index in [-0.39, 0.29) is 49.2 Å².